The Morgan fingerprint density at radius 2 is 1.00 bits per heavy atom. The van der Waals surface area contributed by atoms with Crippen molar-refractivity contribution in [1.82, 2.24) is 0 Å². The number of allylic oxidation sites excluding steroid dienone is 2. The van der Waals surface area contributed by atoms with Crippen LogP contribution in [0.2, 0.25) is 0 Å². The summed E-state index contributed by atoms with van der Waals surface area (Å²) in [6.45, 7) is 0. The fourth-order valence-corrected chi connectivity index (χ4v) is 0.821. The Hall–Kier alpha value is 5.76. The first kappa shape index (κ1) is 51.4. The van der Waals surface area contributed by atoms with Crippen molar-refractivity contribution in [3.8, 4) is 0 Å². The molecule has 0 spiro atoms. The van der Waals surface area contributed by atoms with Crippen molar-refractivity contribution in [3.05, 3.63) is 11.8 Å². The molecule has 0 fully saturated rings. The summed E-state index contributed by atoms with van der Waals surface area (Å²) in [5, 5.41) is 8.77. The van der Waals surface area contributed by atoms with E-state index in [1.807, 2.05) is 6.08 Å². The quantitative estimate of drug-likeness (QED) is 0.289. The normalized spacial score (nSPS) is 11.7. The molecule has 0 radical (unpaired) electrons. The fraction of sp³-hybridized carbons (Fsp3) is 0.667. The third-order valence-electron chi connectivity index (χ3n) is 1.27. The summed E-state index contributed by atoms with van der Waals surface area (Å²) in [4.78, 5) is 51.3. The SMILES string of the molecule is O=P([O-])([O-])[O-].O=P([O-])([O-])[O-].OC1=CCCCC1.[Na+].[Na+].[Na+].[Na+].[Na+].[Na+]. The maximum Gasteiger partial charge on any atom is 1.00 e. The smallest absolute Gasteiger partial charge is 0.822 e. The largest absolute Gasteiger partial charge is 1.00 e. The molecule has 0 heterocycles. The van der Waals surface area contributed by atoms with Gasteiger partial charge in [0.15, 0.2) is 0 Å². The Bertz CT molecular complexity index is 296. The van der Waals surface area contributed by atoms with Crippen LogP contribution < -0.4 is 207 Å². The average molecular weight is 426 g/mol. The molecule has 9 nitrogen and oxygen atoms in total. The Morgan fingerprint density at radius 3 is 1.09 bits per heavy atom. The Kier molecular flexibility index (Phi) is 67.0. The van der Waals surface area contributed by atoms with Gasteiger partial charge in [-0.1, -0.05) is 0 Å². The molecule has 0 saturated carbocycles. The van der Waals surface area contributed by atoms with Gasteiger partial charge in [0.25, 0.3) is 0 Å². The van der Waals surface area contributed by atoms with Gasteiger partial charge in [-0.25, -0.2) is 0 Å². The molecule has 23 heavy (non-hydrogen) atoms. The molecule has 0 bridgehead atoms. The predicted molar refractivity (Wildman–Crippen MR) is 44.4 cm³/mol. The number of aliphatic hydroxyl groups excluding tert-OH is 1. The zero-order valence-corrected chi connectivity index (χ0v) is 28.3. The molecule has 0 atom stereocenters. The van der Waals surface area contributed by atoms with Gasteiger partial charge in [0, 0.05) is 6.42 Å². The zero-order valence-electron chi connectivity index (χ0n) is 14.5. The zero-order chi connectivity index (χ0) is 14.1. The van der Waals surface area contributed by atoms with Crippen molar-refractivity contribution in [2.24, 2.45) is 0 Å². The van der Waals surface area contributed by atoms with Crippen LogP contribution in [0.1, 0.15) is 25.7 Å². The second-order valence-electron chi connectivity index (χ2n) is 2.84. The van der Waals surface area contributed by atoms with Crippen LogP contribution in [-0.4, -0.2) is 5.11 Å². The van der Waals surface area contributed by atoms with Gasteiger partial charge in [0.1, 0.15) is 0 Å². The van der Waals surface area contributed by atoms with Gasteiger partial charge in [0.2, 0.25) is 0 Å². The van der Waals surface area contributed by atoms with Crippen molar-refractivity contribution < 1.29 is 221 Å². The van der Waals surface area contributed by atoms with Crippen molar-refractivity contribution in [3.63, 3.8) is 0 Å². The number of hydrogen-bond donors (Lipinski definition) is 1. The van der Waals surface area contributed by atoms with E-state index in [4.69, 9.17) is 43.6 Å². The van der Waals surface area contributed by atoms with Crippen molar-refractivity contribution in [2.45, 2.75) is 25.7 Å². The van der Waals surface area contributed by atoms with E-state index in [1.54, 1.807) is 0 Å². The number of phosphoric acid groups is 2. The molecule has 0 aliphatic heterocycles. The van der Waals surface area contributed by atoms with Crippen LogP contribution in [0.4, 0.5) is 0 Å². The second-order valence-corrected chi connectivity index (χ2v) is 4.62. The third kappa shape index (κ3) is 97.3. The van der Waals surface area contributed by atoms with Gasteiger partial charge in [-0.3, -0.25) is 0 Å². The van der Waals surface area contributed by atoms with E-state index in [-0.39, 0.29) is 177 Å². The van der Waals surface area contributed by atoms with Crippen LogP contribution in [0.5, 0.6) is 0 Å². The van der Waals surface area contributed by atoms with Gasteiger partial charge >= 0.3 is 177 Å². The number of rotatable bonds is 0. The molecule has 0 amide bonds. The van der Waals surface area contributed by atoms with Crippen LogP contribution in [0.25, 0.3) is 0 Å². The minimum Gasteiger partial charge on any atom is -0.822 e. The van der Waals surface area contributed by atoms with Crippen LogP contribution in [0.3, 0.4) is 0 Å². The summed E-state index contributed by atoms with van der Waals surface area (Å²) >= 11 is 0. The molecule has 1 N–H and O–H groups in total. The van der Waals surface area contributed by atoms with E-state index in [9.17, 15) is 0 Å². The van der Waals surface area contributed by atoms with Gasteiger partial charge in [-0.2, -0.15) is 15.6 Å². The molecular weight excluding hydrogens is 416 g/mol. The van der Waals surface area contributed by atoms with Crippen LogP contribution in [0.15, 0.2) is 11.8 Å². The molecule has 17 heteroatoms. The molecule has 0 aromatic rings. The maximum atomic E-state index is 8.77. The Balaban J connectivity index is -0.0000000220. The summed E-state index contributed by atoms with van der Waals surface area (Å²) in [6, 6.07) is 0. The van der Waals surface area contributed by atoms with Crippen LogP contribution in [-0.2, 0) is 9.13 Å². The molecule has 104 valence electrons. The fourth-order valence-electron chi connectivity index (χ4n) is 0.821. The van der Waals surface area contributed by atoms with E-state index in [0.29, 0.717) is 5.76 Å². The predicted octanol–water partition coefficient (Wildman–Crippen LogP) is -21.6. The minimum absolute atomic E-state index is 0. The minimum atomic E-state index is -5.39. The average Bonchev–Trinajstić information content (AvgIpc) is 1.98. The van der Waals surface area contributed by atoms with E-state index in [2.05, 4.69) is 0 Å². The van der Waals surface area contributed by atoms with Gasteiger partial charge in [0.05, 0.1) is 5.76 Å². The first-order valence-electron chi connectivity index (χ1n) is 4.23. The first-order valence-corrected chi connectivity index (χ1v) is 7.16. The Labute approximate surface area is 268 Å². The molecular formula is C6H10Na6O9P2. The second kappa shape index (κ2) is 30.0. The molecule has 1 aliphatic rings. The van der Waals surface area contributed by atoms with Crippen molar-refractivity contribution >= 4 is 15.6 Å². The standard InChI is InChI=1S/C6H10O.6Na.2H3O4P/c7-6-4-2-1-3-5-6;;;;;;;2*1-5(2,3)4/h4,7H,1-3,5H2;;;;;;;2*(H3,1,2,3,4)/q;6*+1;;/p-6. The van der Waals surface area contributed by atoms with E-state index >= 15 is 0 Å². The summed E-state index contributed by atoms with van der Waals surface area (Å²) < 4.78 is 17.1. The van der Waals surface area contributed by atoms with Gasteiger partial charge in [-0.15, -0.1) is 0 Å². The van der Waals surface area contributed by atoms with E-state index in [0.717, 1.165) is 12.8 Å². The Morgan fingerprint density at radius 1 is 0.739 bits per heavy atom. The maximum absolute atomic E-state index is 8.77. The third-order valence-corrected chi connectivity index (χ3v) is 1.27. The molecule has 0 unspecified atom stereocenters. The van der Waals surface area contributed by atoms with Gasteiger partial charge < -0.3 is 43.6 Å². The first-order chi connectivity index (χ1) is 7.39. The van der Waals surface area contributed by atoms with Crippen molar-refractivity contribution in [2.75, 3.05) is 0 Å². The monoisotopic (exact) mass is 426 g/mol. The molecule has 0 aromatic carbocycles. The summed E-state index contributed by atoms with van der Waals surface area (Å²) in [6.07, 6.45) is 6.31. The summed E-state index contributed by atoms with van der Waals surface area (Å²) in [5.74, 6) is 0.589. The molecule has 1 aliphatic carbocycles. The van der Waals surface area contributed by atoms with Gasteiger partial charge in [-0.05, 0) is 25.3 Å². The number of aliphatic hydroxyl groups is 1. The topological polar surface area (TPSA) is 193 Å². The van der Waals surface area contributed by atoms with Crippen molar-refractivity contribution in [1.29, 1.82) is 0 Å². The van der Waals surface area contributed by atoms with E-state index in [1.165, 1.54) is 12.8 Å². The van der Waals surface area contributed by atoms with Crippen LogP contribution in [0, 0.1) is 0 Å². The molecule has 1 rings (SSSR count). The summed E-state index contributed by atoms with van der Waals surface area (Å²) in [7, 11) is -10.8. The molecule has 0 aromatic heterocycles. The summed E-state index contributed by atoms with van der Waals surface area (Å²) in [5.41, 5.74) is 0. The van der Waals surface area contributed by atoms with Crippen LogP contribution >= 0.6 is 15.6 Å². The molecule has 0 saturated heterocycles. The number of hydrogen-bond acceptors (Lipinski definition) is 9. The van der Waals surface area contributed by atoms with E-state index < -0.39 is 15.6 Å².